The Balaban J connectivity index is 3.49. The fraction of sp³-hybridized carbons (Fsp3) is 0.727. The molecule has 0 radical (unpaired) electrons. The van der Waals surface area contributed by atoms with Gasteiger partial charge in [-0.2, -0.15) is 0 Å². The van der Waals surface area contributed by atoms with Crippen molar-refractivity contribution < 1.29 is 5.11 Å². The maximum absolute atomic E-state index is 11.0. The Kier molecular flexibility index (Phi) is 9.36. The Morgan fingerprint density at radius 3 is 1.30 bits per heavy atom. The molecule has 23 heavy (non-hydrogen) atoms. The number of hydrogen-bond donors (Lipinski definition) is 1. The van der Waals surface area contributed by atoms with Gasteiger partial charge in [0.1, 0.15) is 5.75 Å². The predicted octanol–water partition coefficient (Wildman–Crippen LogP) is 6.54. The molecule has 0 atom stereocenters. The largest absolute Gasteiger partial charge is 0.507 e. The Labute approximate surface area is 144 Å². The highest BCUT2D eigenvalue weighted by Gasteiger charge is 2.20. The lowest BCUT2D eigenvalue weighted by molar-refractivity contribution is 0.457. The number of hydrogen-bond acceptors (Lipinski definition) is 1. The summed E-state index contributed by atoms with van der Waals surface area (Å²) in [6.45, 7) is 11.2. The first kappa shape index (κ1) is 20.1. The maximum atomic E-state index is 11.0. The number of unbranched alkanes of at least 4 members (excludes halogenated alkanes) is 3. The van der Waals surface area contributed by atoms with Crippen LogP contribution >= 0.6 is 0 Å². The van der Waals surface area contributed by atoms with E-state index in [9.17, 15) is 5.11 Å². The number of phenols is 1. The standard InChI is InChI=1S/C22H38O/c1-6-11-14-19-17(9-4)18(10-5)22(23)21(16-13-8-3)20(19)15-12-7-2/h23H,6-16H2,1-5H3. The molecule has 0 heterocycles. The average Bonchev–Trinajstić information content (AvgIpc) is 2.57. The van der Waals surface area contributed by atoms with Crippen LogP contribution in [0.3, 0.4) is 0 Å². The SMILES string of the molecule is CCCCc1c(O)c(CC)c(CC)c(CCCC)c1CCCC. The lowest BCUT2D eigenvalue weighted by Gasteiger charge is -2.24. The van der Waals surface area contributed by atoms with Crippen molar-refractivity contribution in [2.24, 2.45) is 0 Å². The Morgan fingerprint density at radius 1 is 0.522 bits per heavy atom. The fourth-order valence-corrected chi connectivity index (χ4v) is 3.76. The number of aromatic hydroxyl groups is 1. The quantitative estimate of drug-likeness (QED) is 0.491. The van der Waals surface area contributed by atoms with E-state index in [0.29, 0.717) is 5.75 Å². The van der Waals surface area contributed by atoms with Crippen molar-refractivity contribution >= 4 is 0 Å². The summed E-state index contributed by atoms with van der Waals surface area (Å²) in [5, 5.41) is 11.0. The topological polar surface area (TPSA) is 20.2 Å². The summed E-state index contributed by atoms with van der Waals surface area (Å²) in [6.07, 6.45) is 12.7. The number of phenolic OH excluding ortho intramolecular Hbond substituents is 1. The molecule has 0 spiro atoms. The van der Waals surface area contributed by atoms with Gasteiger partial charge in [-0.25, -0.2) is 0 Å². The normalized spacial score (nSPS) is 11.2. The summed E-state index contributed by atoms with van der Waals surface area (Å²) < 4.78 is 0. The molecule has 1 nitrogen and oxygen atoms in total. The molecule has 0 aliphatic carbocycles. The van der Waals surface area contributed by atoms with Gasteiger partial charge in [0.15, 0.2) is 0 Å². The Morgan fingerprint density at radius 2 is 0.913 bits per heavy atom. The van der Waals surface area contributed by atoms with Gasteiger partial charge in [0, 0.05) is 0 Å². The molecule has 1 aromatic rings. The third kappa shape index (κ3) is 4.99. The molecule has 132 valence electrons. The van der Waals surface area contributed by atoms with Crippen LogP contribution in [-0.4, -0.2) is 5.11 Å². The first-order chi connectivity index (χ1) is 11.2. The minimum absolute atomic E-state index is 0.629. The lowest BCUT2D eigenvalue weighted by Crippen LogP contribution is -2.10. The molecular weight excluding hydrogens is 280 g/mol. The minimum Gasteiger partial charge on any atom is -0.507 e. The van der Waals surface area contributed by atoms with Gasteiger partial charge in [-0.1, -0.05) is 53.9 Å². The van der Waals surface area contributed by atoms with Crippen molar-refractivity contribution in [1.29, 1.82) is 0 Å². The van der Waals surface area contributed by atoms with Crippen molar-refractivity contribution in [3.05, 3.63) is 27.8 Å². The molecule has 0 aliphatic heterocycles. The first-order valence-electron chi connectivity index (χ1n) is 10.0. The Hall–Kier alpha value is -0.980. The van der Waals surface area contributed by atoms with Crippen LogP contribution in [0, 0.1) is 0 Å². The molecule has 1 rings (SSSR count). The summed E-state index contributed by atoms with van der Waals surface area (Å²) >= 11 is 0. The van der Waals surface area contributed by atoms with E-state index in [-0.39, 0.29) is 0 Å². The van der Waals surface area contributed by atoms with Crippen molar-refractivity contribution in [1.82, 2.24) is 0 Å². The zero-order chi connectivity index (χ0) is 17.2. The van der Waals surface area contributed by atoms with Gasteiger partial charge in [0.2, 0.25) is 0 Å². The van der Waals surface area contributed by atoms with Crippen LogP contribution in [0.4, 0.5) is 0 Å². The number of rotatable bonds is 11. The first-order valence-corrected chi connectivity index (χ1v) is 10.0. The zero-order valence-corrected chi connectivity index (χ0v) is 16.2. The highest BCUT2D eigenvalue weighted by molar-refractivity contribution is 5.55. The predicted molar refractivity (Wildman–Crippen MR) is 103 cm³/mol. The van der Waals surface area contributed by atoms with E-state index < -0.39 is 0 Å². The second-order valence-electron chi connectivity index (χ2n) is 6.76. The van der Waals surface area contributed by atoms with Gasteiger partial charge in [0.25, 0.3) is 0 Å². The average molecular weight is 319 g/mol. The van der Waals surface area contributed by atoms with Crippen LogP contribution in [0.15, 0.2) is 0 Å². The van der Waals surface area contributed by atoms with E-state index in [1.807, 2.05) is 0 Å². The number of benzene rings is 1. The van der Waals surface area contributed by atoms with E-state index in [1.165, 1.54) is 67.2 Å². The smallest absolute Gasteiger partial charge is 0.122 e. The molecule has 0 saturated carbocycles. The summed E-state index contributed by atoms with van der Waals surface area (Å²) in [5.41, 5.74) is 7.04. The van der Waals surface area contributed by atoms with Crippen LogP contribution in [-0.2, 0) is 32.1 Å². The zero-order valence-electron chi connectivity index (χ0n) is 16.2. The third-order valence-electron chi connectivity index (χ3n) is 5.08. The van der Waals surface area contributed by atoms with Crippen LogP contribution in [0.25, 0.3) is 0 Å². The van der Waals surface area contributed by atoms with E-state index in [0.717, 1.165) is 25.7 Å². The second kappa shape index (κ2) is 10.7. The van der Waals surface area contributed by atoms with Crippen molar-refractivity contribution in [3.8, 4) is 5.75 Å². The molecular formula is C22H38O. The molecule has 1 heteroatoms. The molecule has 0 aromatic heterocycles. The minimum atomic E-state index is 0.629. The van der Waals surface area contributed by atoms with Gasteiger partial charge in [-0.05, 0) is 79.2 Å². The van der Waals surface area contributed by atoms with Crippen LogP contribution in [0.1, 0.15) is 101 Å². The van der Waals surface area contributed by atoms with Gasteiger partial charge < -0.3 is 5.11 Å². The van der Waals surface area contributed by atoms with Crippen molar-refractivity contribution in [3.63, 3.8) is 0 Å². The van der Waals surface area contributed by atoms with Crippen LogP contribution < -0.4 is 0 Å². The van der Waals surface area contributed by atoms with E-state index in [1.54, 1.807) is 5.56 Å². The molecule has 0 saturated heterocycles. The lowest BCUT2D eigenvalue weighted by atomic mass is 9.82. The molecule has 1 N–H and O–H groups in total. The van der Waals surface area contributed by atoms with E-state index in [4.69, 9.17) is 0 Å². The third-order valence-corrected chi connectivity index (χ3v) is 5.08. The molecule has 1 aromatic carbocycles. The summed E-state index contributed by atoms with van der Waals surface area (Å²) in [5.74, 6) is 0.629. The summed E-state index contributed by atoms with van der Waals surface area (Å²) in [6, 6.07) is 0. The second-order valence-corrected chi connectivity index (χ2v) is 6.76. The van der Waals surface area contributed by atoms with E-state index >= 15 is 0 Å². The molecule has 0 aliphatic rings. The highest BCUT2D eigenvalue weighted by Crippen LogP contribution is 2.37. The molecule has 0 bridgehead atoms. The molecule has 0 fully saturated rings. The van der Waals surface area contributed by atoms with Crippen molar-refractivity contribution in [2.45, 2.75) is 105 Å². The van der Waals surface area contributed by atoms with Crippen LogP contribution in [0.2, 0.25) is 0 Å². The van der Waals surface area contributed by atoms with Crippen LogP contribution in [0.5, 0.6) is 5.75 Å². The molecule has 0 amide bonds. The highest BCUT2D eigenvalue weighted by atomic mass is 16.3. The van der Waals surface area contributed by atoms with E-state index in [2.05, 4.69) is 34.6 Å². The molecule has 0 unspecified atom stereocenters. The summed E-state index contributed by atoms with van der Waals surface area (Å²) in [4.78, 5) is 0. The fourth-order valence-electron chi connectivity index (χ4n) is 3.76. The van der Waals surface area contributed by atoms with Gasteiger partial charge >= 0.3 is 0 Å². The van der Waals surface area contributed by atoms with Crippen molar-refractivity contribution in [2.75, 3.05) is 0 Å². The van der Waals surface area contributed by atoms with Gasteiger partial charge in [0.05, 0.1) is 0 Å². The maximum Gasteiger partial charge on any atom is 0.122 e. The van der Waals surface area contributed by atoms with Gasteiger partial charge in [-0.15, -0.1) is 0 Å². The summed E-state index contributed by atoms with van der Waals surface area (Å²) in [7, 11) is 0. The van der Waals surface area contributed by atoms with Gasteiger partial charge in [-0.3, -0.25) is 0 Å². The monoisotopic (exact) mass is 318 g/mol. The Bertz CT molecular complexity index is 474.